The number of hydrogen-bond acceptors (Lipinski definition) is 6. The van der Waals surface area contributed by atoms with Crippen LogP contribution >= 0.6 is 0 Å². The molecule has 0 saturated heterocycles. The van der Waals surface area contributed by atoms with Crippen LogP contribution in [0.15, 0.2) is 49.1 Å². The normalized spacial score (nSPS) is 16.0. The molecule has 0 N–H and O–H groups in total. The first-order valence-electron chi connectivity index (χ1n) is 14.5. The molecule has 4 aromatic rings. The largest absolute Gasteiger partial charge is 0.497 e. The maximum Gasteiger partial charge on any atom is 0.435 e. The fourth-order valence-corrected chi connectivity index (χ4v) is 5.83. The fraction of sp³-hybridized carbons (Fsp3) is 0.419. The molecular formula is C31H33F3N6O3. The highest BCUT2D eigenvalue weighted by molar-refractivity contribution is 6.00. The van der Waals surface area contributed by atoms with E-state index in [1.54, 1.807) is 49.5 Å². The van der Waals surface area contributed by atoms with E-state index in [-0.39, 0.29) is 60.0 Å². The van der Waals surface area contributed by atoms with Gasteiger partial charge in [-0.25, -0.2) is 4.98 Å². The molecule has 1 saturated carbocycles. The molecule has 43 heavy (non-hydrogen) atoms. The lowest BCUT2D eigenvalue weighted by atomic mass is 9.96. The van der Waals surface area contributed by atoms with Crippen LogP contribution in [0.5, 0.6) is 11.5 Å². The molecule has 0 bridgehead atoms. The van der Waals surface area contributed by atoms with Crippen LogP contribution in [0.1, 0.15) is 65.9 Å². The highest BCUT2D eigenvalue weighted by atomic mass is 19.4. The van der Waals surface area contributed by atoms with E-state index in [0.29, 0.717) is 30.0 Å². The average Bonchev–Trinajstić information content (AvgIpc) is 3.60. The number of hydrogen-bond donors (Lipinski definition) is 0. The Balaban J connectivity index is 1.51. The summed E-state index contributed by atoms with van der Waals surface area (Å²) in [6.07, 6.45) is 4.41. The Morgan fingerprint density at radius 1 is 1.09 bits per heavy atom. The van der Waals surface area contributed by atoms with Crippen molar-refractivity contribution in [1.82, 2.24) is 29.2 Å². The number of benzene rings is 1. The van der Waals surface area contributed by atoms with Crippen LogP contribution in [-0.2, 0) is 25.7 Å². The van der Waals surface area contributed by atoms with Crippen LogP contribution in [-0.4, -0.2) is 55.4 Å². The van der Waals surface area contributed by atoms with Gasteiger partial charge in [0.15, 0.2) is 5.69 Å². The lowest BCUT2D eigenvalue weighted by Gasteiger charge is -2.30. The first-order valence-corrected chi connectivity index (χ1v) is 14.5. The van der Waals surface area contributed by atoms with Gasteiger partial charge in [-0.2, -0.15) is 18.3 Å². The summed E-state index contributed by atoms with van der Waals surface area (Å²) in [6, 6.07) is 6.68. The summed E-state index contributed by atoms with van der Waals surface area (Å²) < 4.78 is 57.6. The third-order valence-corrected chi connectivity index (χ3v) is 8.03. The number of alkyl halides is 3. The molecule has 3 aromatic heterocycles. The molecule has 1 aliphatic carbocycles. The molecule has 12 heteroatoms. The van der Waals surface area contributed by atoms with E-state index in [2.05, 4.69) is 15.1 Å². The summed E-state index contributed by atoms with van der Waals surface area (Å²) in [7, 11) is 1.58. The number of pyridine rings is 1. The highest BCUT2D eigenvalue weighted by Crippen LogP contribution is 2.47. The number of carbonyl (C=O) groups excluding carboxylic acids is 1. The molecule has 1 aliphatic heterocycles. The van der Waals surface area contributed by atoms with Crippen molar-refractivity contribution in [3.05, 3.63) is 77.4 Å². The molecule has 1 aromatic carbocycles. The minimum absolute atomic E-state index is 0.114. The van der Waals surface area contributed by atoms with Crippen molar-refractivity contribution < 1.29 is 27.4 Å². The van der Waals surface area contributed by atoms with Gasteiger partial charge in [-0.15, -0.1) is 0 Å². The molecule has 2 aliphatic rings. The second kappa shape index (κ2) is 11.4. The van der Waals surface area contributed by atoms with Gasteiger partial charge in [0.25, 0.3) is 5.91 Å². The number of nitrogens with zero attached hydrogens (tertiary/aromatic N) is 6. The Morgan fingerprint density at radius 2 is 1.88 bits per heavy atom. The summed E-state index contributed by atoms with van der Waals surface area (Å²) in [5.74, 6) is 1.50. The van der Waals surface area contributed by atoms with Crippen LogP contribution in [0.25, 0.3) is 11.1 Å². The van der Waals surface area contributed by atoms with Crippen molar-refractivity contribution in [1.29, 1.82) is 0 Å². The zero-order valence-electron chi connectivity index (χ0n) is 24.3. The summed E-state index contributed by atoms with van der Waals surface area (Å²) in [6.45, 7) is 4.65. The van der Waals surface area contributed by atoms with E-state index >= 15 is 0 Å². The SMILES string of the molecule is CCc1nccn1Cc1cc2c(c(-c3cn(CC)nc3C(F)(F)F)c1)OCCN([C@H](c1cc(OC)ccn1)C1CC1)C2=O. The minimum Gasteiger partial charge on any atom is -0.497 e. The van der Waals surface area contributed by atoms with Gasteiger partial charge < -0.3 is 18.9 Å². The van der Waals surface area contributed by atoms with E-state index in [1.807, 2.05) is 23.8 Å². The monoisotopic (exact) mass is 594 g/mol. The third kappa shape index (κ3) is 5.57. The predicted molar refractivity (Wildman–Crippen MR) is 152 cm³/mol. The number of ether oxygens (including phenoxy) is 2. The standard InChI is InChI=1S/C31H33F3N6O3/c1-4-26-36-10-11-38(26)17-19-14-22(24-18-39(5-2)37-29(24)31(32,33)34)28-23(15-19)30(41)40(12-13-43-28)27(20-6-7-20)25-16-21(42-3)8-9-35-25/h8-11,14-16,18,20,27H,4-7,12-13,17H2,1-3H3/t27-/m0/s1. The molecule has 4 heterocycles. The van der Waals surface area contributed by atoms with Crippen LogP contribution in [0, 0.1) is 5.92 Å². The molecule has 0 spiro atoms. The van der Waals surface area contributed by atoms with Crippen molar-refractivity contribution in [3.8, 4) is 22.6 Å². The topological polar surface area (TPSA) is 87.3 Å². The highest BCUT2D eigenvalue weighted by Gasteiger charge is 2.43. The molecule has 0 radical (unpaired) electrons. The maximum atomic E-state index is 14.5. The quantitative estimate of drug-likeness (QED) is 0.244. The fourth-order valence-electron chi connectivity index (χ4n) is 5.83. The summed E-state index contributed by atoms with van der Waals surface area (Å²) in [5, 5.41) is 3.84. The van der Waals surface area contributed by atoms with Crippen molar-refractivity contribution in [2.75, 3.05) is 20.3 Å². The van der Waals surface area contributed by atoms with Gasteiger partial charge in [0.2, 0.25) is 0 Å². The lowest BCUT2D eigenvalue weighted by molar-refractivity contribution is -0.141. The Labute approximate surface area is 247 Å². The van der Waals surface area contributed by atoms with E-state index in [4.69, 9.17) is 9.47 Å². The smallest absolute Gasteiger partial charge is 0.435 e. The van der Waals surface area contributed by atoms with Crippen molar-refractivity contribution in [2.45, 2.75) is 58.4 Å². The van der Waals surface area contributed by atoms with Gasteiger partial charge in [-0.05, 0) is 49.4 Å². The Bertz CT molecular complexity index is 1640. The maximum absolute atomic E-state index is 14.5. The molecule has 1 amide bonds. The van der Waals surface area contributed by atoms with E-state index in [0.717, 1.165) is 18.7 Å². The van der Waals surface area contributed by atoms with E-state index in [9.17, 15) is 18.0 Å². The number of amides is 1. The molecule has 0 unspecified atom stereocenters. The van der Waals surface area contributed by atoms with Gasteiger partial charge in [0.05, 0.1) is 31.0 Å². The zero-order chi connectivity index (χ0) is 30.3. The van der Waals surface area contributed by atoms with Gasteiger partial charge in [0.1, 0.15) is 23.9 Å². The third-order valence-electron chi connectivity index (χ3n) is 8.03. The van der Waals surface area contributed by atoms with Gasteiger partial charge in [0, 0.05) is 61.5 Å². The number of fused-ring (bicyclic) bond motifs is 1. The Kier molecular flexibility index (Phi) is 7.61. The number of rotatable bonds is 9. The van der Waals surface area contributed by atoms with Crippen molar-refractivity contribution in [2.24, 2.45) is 5.92 Å². The first kappa shape index (κ1) is 28.8. The number of halogens is 3. The van der Waals surface area contributed by atoms with Crippen LogP contribution < -0.4 is 9.47 Å². The first-order chi connectivity index (χ1) is 20.7. The van der Waals surface area contributed by atoms with Crippen molar-refractivity contribution in [3.63, 3.8) is 0 Å². The lowest BCUT2D eigenvalue weighted by Crippen LogP contribution is -2.37. The van der Waals surface area contributed by atoms with E-state index in [1.165, 1.54) is 10.9 Å². The summed E-state index contributed by atoms with van der Waals surface area (Å²) in [4.78, 5) is 25.2. The van der Waals surface area contributed by atoms with Crippen molar-refractivity contribution >= 4 is 5.91 Å². The number of imidazole rings is 1. The second-order valence-electron chi connectivity index (χ2n) is 10.8. The zero-order valence-corrected chi connectivity index (χ0v) is 24.3. The Morgan fingerprint density at radius 3 is 2.58 bits per heavy atom. The van der Waals surface area contributed by atoms with Crippen LogP contribution in [0.3, 0.4) is 0 Å². The van der Waals surface area contributed by atoms with Gasteiger partial charge in [-0.3, -0.25) is 14.5 Å². The Hall–Kier alpha value is -4.35. The molecule has 1 fully saturated rings. The molecule has 9 nitrogen and oxygen atoms in total. The average molecular weight is 595 g/mol. The number of carbonyl (C=O) groups is 1. The van der Waals surface area contributed by atoms with Crippen LogP contribution in [0.2, 0.25) is 0 Å². The number of methoxy groups -OCH3 is 1. The minimum atomic E-state index is -4.70. The second-order valence-corrected chi connectivity index (χ2v) is 10.8. The van der Waals surface area contributed by atoms with Gasteiger partial charge in [-0.1, -0.05) is 6.92 Å². The summed E-state index contributed by atoms with van der Waals surface area (Å²) in [5.41, 5.74) is 0.636. The van der Waals surface area contributed by atoms with Crippen LogP contribution in [0.4, 0.5) is 13.2 Å². The number of aryl methyl sites for hydroxylation is 2. The molecule has 6 rings (SSSR count). The summed E-state index contributed by atoms with van der Waals surface area (Å²) >= 11 is 0. The molecule has 1 atom stereocenters. The van der Waals surface area contributed by atoms with Gasteiger partial charge >= 0.3 is 6.18 Å². The predicted octanol–water partition coefficient (Wildman–Crippen LogP) is 5.79. The molecular weight excluding hydrogens is 561 g/mol. The molecule has 226 valence electrons. The number of aromatic nitrogens is 5. The van der Waals surface area contributed by atoms with E-state index < -0.39 is 11.9 Å².